The maximum Gasteiger partial charge on any atom is 0.227 e. The van der Waals surface area contributed by atoms with E-state index in [1.165, 1.54) is 0 Å². The summed E-state index contributed by atoms with van der Waals surface area (Å²) in [4.78, 5) is 14.6. The molecule has 21 heavy (non-hydrogen) atoms. The van der Waals surface area contributed by atoms with Crippen molar-refractivity contribution in [3.63, 3.8) is 0 Å². The van der Waals surface area contributed by atoms with Crippen LogP contribution in [0.4, 0.5) is 5.69 Å². The van der Waals surface area contributed by atoms with Gasteiger partial charge in [-0.05, 0) is 30.9 Å². The molecule has 0 unspecified atom stereocenters. The Morgan fingerprint density at radius 1 is 1.43 bits per heavy atom. The molecule has 114 valence electrons. The third-order valence-electron chi connectivity index (χ3n) is 4.97. The van der Waals surface area contributed by atoms with Gasteiger partial charge >= 0.3 is 0 Å². The molecule has 2 atom stereocenters. The van der Waals surface area contributed by atoms with Crippen LogP contribution in [0.5, 0.6) is 0 Å². The number of fused-ring (bicyclic) bond motifs is 1. The maximum atomic E-state index is 12.7. The van der Waals surface area contributed by atoms with Gasteiger partial charge in [-0.3, -0.25) is 4.79 Å². The van der Waals surface area contributed by atoms with Gasteiger partial charge in [-0.2, -0.15) is 0 Å². The summed E-state index contributed by atoms with van der Waals surface area (Å²) in [6, 6.07) is 6.01. The van der Waals surface area contributed by atoms with Crippen LogP contribution in [0.2, 0.25) is 5.02 Å². The van der Waals surface area contributed by atoms with Crippen molar-refractivity contribution in [1.82, 2.24) is 0 Å². The van der Waals surface area contributed by atoms with Crippen LogP contribution >= 0.6 is 11.6 Å². The lowest BCUT2D eigenvalue weighted by molar-refractivity contribution is -0.119. The zero-order chi connectivity index (χ0) is 15.2. The first-order valence-corrected chi connectivity index (χ1v) is 8.13. The summed E-state index contributed by atoms with van der Waals surface area (Å²) in [5.41, 5.74) is 8.08. The maximum absolute atomic E-state index is 12.7. The normalized spacial score (nSPS) is 27.0. The highest BCUT2D eigenvalue weighted by molar-refractivity contribution is 6.32. The molecular formula is C17H23ClN2O. The van der Waals surface area contributed by atoms with Crippen LogP contribution in [-0.2, 0) is 10.2 Å². The van der Waals surface area contributed by atoms with E-state index in [1.54, 1.807) is 0 Å². The Labute approximate surface area is 131 Å². The molecule has 1 saturated carbocycles. The average molecular weight is 307 g/mol. The Hall–Kier alpha value is -1.06. The molecule has 1 heterocycles. The van der Waals surface area contributed by atoms with Crippen LogP contribution in [0.15, 0.2) is 18.2 Å². The van der Waals surface area contributed by atoms with Crippen LogP contribution in [0.1, 0.15) is 45.1 Å². The van der Waals surface area contributed by atoms with Gasteiger partial charge in [0.2, 0.25) is 5.91 Å². The van der Waals surface area contributed by atoms with E-state index in [4.69, 9.17) is 17.3 Å². The SMILES string of the molecule is CC1(C)CN(C(=O)C[C@@H]2CCC[C@H]2N)c2cccc(Cl)c21. The quantitative estimate of drug-likeness (QED) is 0.909. The summed E-state index contributed by atoms with van der Waals surface area (Å²) in [7, 11) is 0. The first-order chi connectivity index (χ1) is 9.90. The van der Waals surface area contributed by atoms with E-state index in [2.05, 4.69) is 13.8 Å². The van der Waals surface area contributed by atoms with E-state index in [9.17, 15) is 4.79 Å². The predicted octanol–water partition coefficient (Wildman–Crippen LogP) is 3.48. The van der Waals surface area contributed by atoms with Crippen LogP contribution in [0.25, 0.3) is 0 Å². The molecule has 1 aromatic carbocycles. The molecule has 0 aromatic heterocycles. The summed E-state index contributed by atoms with van der Waals surface area (Å²) in [5, 5.41) is 0.755. The van der Waals surface area contributed by atoms with Crippen LogP contribution < -0.4 is 10.6 Å². The van der Waals surface area contributed by atoms with E-state index in [1.807, 2.05) is 23.1 Å². The van der Waals surface area contributed by atoms with Crippen molar-refractivity contribution in [2.24, 2.45) is 11.7 Å². The predicted molar refractivity (Wildman–Crippen MR) is 86.8 cm³/mol. The highest BCUT2D eigenvalue weighted by Gasteiger charge is 2.40. The smallest absolute Gasteiger partial charge is 0.227 e. The molecule has 0 bridgehead atoms. The van der Waals surface area contributed by atoms with Gasteiger partial charge in [0.15, 0.2) is 0 Å². The van der Waals surface area contributed by atoms with E-state index >= 15 is 0 Å². The number of hydrogen-bond donors (Lipinski definition) is 1. The largest absolute Gasteiger partial charge is 0.327 e. The lowest BCUT2D eigenvalue weighted by Gasteiger charge is -2.23. The first kappa shape index (κ1) is 14.9. The minimum absolute atomic E-state index is 0.0961. The van der Waals surface area contributed by atoms with Crippen molar-refractivity contribution in [3.05, 3.63) is 28.8 Å². The molecule has 1 aromatic rings. The Morgan fingerprint density at radius 2 is 2.19 bits per heavy atom. The van der Waals surface area contributed by atoms with E-state index < -0.39 is 0 Å². The van der Waals surface area contributed by atoms with Crippen molar-refractivity contribution < 1.29 is 4.79 Å². The van der Waals surface area contributed by atoms with Gasteiger partial charge in [-0.15, -0.1) is 0 Å². The second-order valence-electron chi connectivity index (χ2n) is 7.06. The number of halogens is 1. The van der Waals surface area contributed by atoms with Gasteiger partial charge in [0, 0.05) is 40.7 Å². The number of rotatable bonds is 2. The monoisotopic (exact) mass is 306 g/mol. The number of carbonyl (C=O) groups is 1. The molecule has 0 spiro atoms. The molecule has 3 rings (SSSR count). The molecule has 1 amide bonds. The summed E-state index contributed by atoms with van der Waals surface area (Å²) in [5.74, 6) is 0.523. The van der Waals surface area contributed by atoms with E-state index in [0.717, 1.165) is 35.5 Å². The number of carbonyl (C=O) groups excluding carboxylic acids is 1. The second kappa shape index (κ2) is 5.29. The summed E-state index contributed by atoms with van der Waals surface area (Å²) in [6.07, 6.45) is 3.83. The van der Waals surface area contributed by atoms with Crippen molar-refractivity contribution in [2.75, 3.05) is 11.4 Å². The van der Waals surface area contributed by atoms with Crippen LogP contribution in [0, 0.1) is 5.92 Å². The highest BCUT2D eigenvalue weighted by Crippen LogP contribution is 2.45. The zero-order valence-corrected chi connectivity index (χ0v) is 13.5. The number of anilines is 1. The van der Waals surface area contributed by atoms with Crippen molar-refractivity contribution in [2.45, 2.75) is 51.0 Å². The van der Waals surface area contributed by atoms with Crippen molar-refractivity contribution >= 4 is 23.2 Å². The Kier molecular flexibility index (Phi) is 3.74. The van der Waals surface area contributed by atoms with Crippen LogP contribution in [0.3, 0.4) is 0 Å². The van der Waals surface area contributed by atoms with E-state index in [0.29, 0.717) is 18.9 Å². The molecule has 0 radical (unpaired) electrons. The summed E-state index contributed by atoms with van der Waals surface area (Å²) < 4.78 is 0. The number of hydrogen-bond acceptors (Lipinski definition) is 2. The molecule has 1 aliphatic carbocycles. The number of nitrogens with zero attached hydrogens (tertiary/aromatic N) is 1. The Balaban J connectivity index is 1.85. The minimum Gasteiger partial charge on any atom is -0.327 e. The average Bonchev–Trinajstić information content (AvgIpc) is 2.92. The number of nitrogens with two attached hydrogens (primary N) is 1. The Bertz CT molecular complexity index is 570. The molecule has 1 fully saturated rings. The fourth-order valence-electron chi connectivity index (χ4n) is 3.84. The van der Waals surface area contributed by atoms with Crippen LogP contribution in [-0.4, -0.2) is 18.5 Å². The van der Waals surface area contributed by atoms with Gasteiger partial charge in [0.25, 0.3) is 0 Å². The van der Waals surface area contributed by atoms with E-state index in [-0.39, 0.29) is 17.4 Å². The third kappa shape index (κ3) is 2.58. The molecule has 4 heteroatoms. The van der Waals surface area contributed by atoms with Gasteiger partial charge in [0.1, 0.15) is 0 Å². The molecule has 2 N–H and O–H groups in total. The highest BCUT2D eigenvalue weighted by atomic mass is 35.5. The molecule has 1 aliphatic heterocycles. The standard InChI is InChI=1S/C17H23ClN2O/c1-17(2)10-20(14-8-4-6-12(18)16(14)17)15(21)9-11-5-3-7-13(11)19/h4,6,8,11,13H,3,5,7,9-10,19H2,1-2H3/t11-,13+/m0/s1. The number of amides is 1. The fourth-order valence-corrected chi connectivity index (χ4v) is 4.27. The molecule has 0 saturated heterocycles. The molecule has 3 nitrogen and oxygen atoms in total. The lowest BCUT2D eigenvalue weighted by atomic mass is 9.87. The van der Waals surface area contributed by atoms with Gasteiger partial charge < -0.3 is 10.6 Å². The van der Waals surface area contributed by atoms with Gasteiger partial charge in [-0.25, -0.2) is 0 Å². The Morgan fingerprint density at radius 3 is 2.86 bits per heavy atom. The second-order valence-corrected chi connectivity index (χ2v) is 7.46. The molecule has 2 aliphatic rings. The number of benzene rings is 1. The third-order valence-corrected chi connectivity index (χ3v) is 5.28. The zero-order valence-electron chi connectivity index (χ0n) is 12.7. The summed E-state index contributed by atoms with van der Waals surface area (Å²) >= 11 is 6.36. The topological polar surface area (TPSA) is 46.3 Å². The summed E-state index contributed by atoms with van der Waals surface area (Å²) in [6.45, 7) is 4.99. The van der Waals surface area contributed by atoms with Gasteiger partial charge in [-0.1, -0.05) is 37.9 Å². The van der Waals surface area contributed by atoms with Gasteiger partial charge in [0.05, 0.1) is 0 Å². The fraction of sp³-hybridized carbons (Fsp3) is 0.588. The van der Waals surface area contributed by atoms with Crippen molar-refractivity contribution in [3.8, 4) is 0 Å². The minimum atomic E-state index is -0.0961. The first-order valence-electron chi connectivity index (χ1n) is 7.75. The lowest BCUT2D eigenvalue weighted by Crippen LogP contribution is -2.37. The molecular weight excluding hydrogens is 284 g/mol. The van der Waals surface area contributed by atoms with Crippen molar-refractivity contribution in [1.29, 1.82) is 0 Å².